The van der Waals surface area contributed by atoms with E-state index in [0.717, 1.165) is 36.2 Å². The molecule has 9 heteroatoms. The van der Waals surface area contributed by atoms with Gasteiger partial charge in [-0.25, -0.2) is 9.78 Å². The molecule has 0 aliphatic carbocycles. The predicted molar refractivity (Wildman–Crippen MR) is 132 cm³/mol. The van der Waals surface area contributed by atoms with E-state index in [-0.39, 0.29) is 23.3 Å². The second-order valence-corrected chi connectivity index (χ2v) is 11.6. The van der Waals surface area contributed by atoms with Crippen molar-refractivity contribution in [3.8, 4) is 11.1 Å². The lowest BCUT2D eigenvalue weighted by Gasteiger charge is -2.24. The molecule has 1 atom stereocenters. The lowest BCUT2D eigenvalue weighted by atomic mass is 9.89. The third-order valence-electron chi connectivity index (χ3n) is 6.30. The van der Waals surface area contributed by atoms with Crippen molar-refractivity contribution >= 4 is 29.4 Å². The van der Waals surface area contributed by atoms with Gasteiger partial charge < -0.3 is 15.0 Å². The molecule has 8 nitrogen and oxygen atoms in total. The SMILES string of the molecule is CC1(C)Cc2c(-c3cc(NC(=O)CCC4CCN(C(=O)OC(C)(C)C)C4)ncc3Cl)cnn2C1. The van der Waals surface area contributed by atoms with Crippen molar-refractivity contribution in [3.05, 3.63) is 29.2 Å². The summed E-state index contributed by atoms with van der Waals surface area (Å²) in [7, 11) is 0. The molecule has 0 saturated carbocycles. The number of anilines is 1. The van der Waals surface area contributed by atoms with Crippen LogP contribution in [0.15, 0.2) is 18.5 Å². The van der Waals surface area contributed by atoms with Crippen LogP contribution in [0.4, 0.5) is 10.6 Å². The molecule has 0 radical (unpaired) electrons. The summed E-state index contributed by atoms with van der Waals surface area (Å²) in [5.41, 5.74) is 2.63. The highest BCUT2D eigenvalue weighted by molar-refractivity contribution is 6.33. The number of nitrogens with zero attached hydrogens (tertiary/aromatic N) is 4. The number of pyridine rings is 1. The van der Waals surface area contributed by atoms with Crippen LogP contribution >= 0.6 is 11.6 Å². The molecule has 2 amide bonds. The first-order chi connectivity index (χ1) is 15.9. The molecule has 4 heterocycles. The highest BCUT2D eigenvalue weighted by Crippen LogP contribution is 2.39. The molecule has 0 bridgehead atoms. The first-order valence-electron chi connectivity index (χ1n) is 11.9. The first kappa shape index (κ1) is 24.5. The summed E-state index contributed by atoms with van der Waals surface area (Å²) >= 11 is 6.47. The molecule has 0 spiro atoms. The van der Waals surface area contributed by atoms with Crippen molar-refractivity contribution in [2.24, 2.45) is 11.3 Å². The van der Waals surface area contributed by atoms with Crippen LogP contribution in [0, 0.1) is 11.3 Å². The molecular weight excluding hydrogens is 454 g/mol. The van der Waals surface area contributed by atoms with Gasteiger partial charge in [-0.15, -0.1) is 0 Å². The number of aromatic nitrogens is 3. The Hall–Kier alpha value is -2.61. The Balaban J connectivity index is 1.33. The van der Waals surface area contributed by atoms with Gasteiger partial charge in [-0.2, -0.15) is 5.10 Å². The largest absolute Gasteiger partial charge is 0.444 e. The molecule has 2 aromatic rings. The lowest BCUT2D eigenvalue weighted by molar-refractivity contribution is -0.116. The van der Waals surface area contributed by atoms with Crippen LogP contribution in [0.5, 0.6) is 0 Å². The Morgan fingerprint density at radius 2 is 2.03 bits per heavy atom. The first-order valence-corrected chi connectivity index (χ1v) is 12.3. The zero-order valence-electron chi connectivity index (χ0n) is 20.7. The maximum absolute atomic E-state index is 12.6. The predicted octanol–water partition coefficient (Wildman–Crippen LogP) is 5.16. The van der Waals surface area contributed by atoms with E-state index >= 15 is 0 Å². The summed E-state index contributed by atoms with van der Waals surface area (Å²) in [6.07, 6.45) is 6.00. The lowest BCUT2D eigenvalue weighted by Crippen LogP contribution is -2.35. The van der Waals surface area contributed by atoms with Crippen molar-refractivity contribution in [3.63, 3.8) is 0 Å². The number of carbonyl (C=O) groups excluding carboxylic acids is 2. The Bertz CT molecular complexity index is 1090. The zero-order chi connectivity index (χ0) is 24.7. The van der Waals surface area contributed by atoms with Crippen LogP contribution in [0.3, 0.4) is 0 Å². The third kappa shape index (κ3) is 5.71. The van der Waals surface area contributed by atoms with Crippen molar-refractivity contribution in [1.29, 1.82) is 0 Å². The Kier molecular flexibility index (Phi) is 6.64. The van der Waals surface area contributed by atoms with Crippen LogP contribution in [-0.4, -0.2) is 50.4 Å². The second-order valence-electron chi connectivity index (χ2n) is 11.2. The van der Waals surface area contributed by atoms with Crippen LogP contribution in [0.2, 0.25) is 5.02 Å². The molecule has 1 fully saturated rings. The van der Waals surface area contributed by atoms with E-state index in [9.17, 15) is 9.59 Å². The van der Waals surface area contributed by atoms with Gasteiger partial charge in [-0.1, -0.05) is 25.4 Å². The zero-order valence-corrected chi connectivity index (χ0v) is 21.4. The minimum Gasteiger partial charge on any atom is -0.444 e. The van der Waals surface area contributed by atoms with Crippen molar-refractivity contribution in [2.75, 3.05) is 18.4 Å². The van der Waals surface area contributed by atoms with Crippen LogP contribution < -0.4 is 5.32 Å². The monoisotopic (exact) mass is 487 g/mol. The van der Waals surface area contributed by atoms with Gasteiger partial charge in [0.25, 0.3) is 0 Å². The molecule has 1 unspecified atom stereocenters. The average molecular weight is 488 g/mol. The quantitative estimate of drug-likeness (QED) is 0.629. The summed E-state index contributed by atoms with van der Waals surface area (Å²) in [5, 5.41) is 7.96. The Labute approximate surface area is 206 Å². The van der Waals surface area contributed by atoms with Gasteiger partial charge in [-0.3, -0.25) is 9.48 Å². The minimum absolute atomic E-state index is 0.0992. The molecule has 2 aromatic heterocycles. The van der Waals surface area contributed by atoms with Gasteiger partial charge in [0, 0.05) is 49.1 Å². The maximum Gasteiger partial charge on any atom is 0.410 e. The van der Waals surface area contributed by atoms with Crippen LogP contribution in [0.25, 0.3) is 11.1 Å². The van der Waals surface area contributed by atoms with Gasteiger partial charge in [-0.05, 0) is 57.4 Å². The summed E-state index contributed by atoms with van der Waals surface area (Å²) in [6.45, 7) is 12.2. The topological polar surface area (TPSA) is 89.3 Å². The number of rotatable bonds is 5. The summed E-state index contributed by atoms with van der Waals surface area (Å²) in [6, 6.07) is 1.82. The van der Waals surface area contributed by atoms with E-state index in [4.69, 9.17) is 16.3 Å². The highest BCUT2D eigenvalue weighted by atomic mass is 35.5. The van der Waals surface area contributed by atoms with Crippen molar-refractivity contribution in [1.82, 2.24) is 19.7 Å². The number of likely N-dealkylation sites (tertiary alicyclic amines) is 1. The van der Waals surface area contributed by atoms with E-state index in [1.807, 2.05) is 37.7 Å². The van der Waals surface area contributed by atoms with Crippen molar-refractivity contribution in [2.45, 2.75) is 72.4 Å². The van der Waals surface area contributed by atoms with Crippen LogP contribution in [-0.2, 0) is 22.5 Å². The number of hydrogen-bond acceptors (Lipinski definition) is 5. The molecule has 34 heavy (non-hydrogen) atoms. The maximum atomic E-state index is 12.6. The van der Waals surface area contributed by atoms with Crippen molar-refractivity contribution < 1.29 is 14.3 Å². The normalized spacial score (nSPS) is 19.2. The fraction of sp³-hybridized carbons (Fsp3) is 0.600. The number of fused-ring (bicyclic) bond motifs is 1. The molecule has 2 aliphatic heterocycles. The second kappa shape index (κ2) is 9.21. The Morgan fingerprint density at radius 3 is 2.76 bits per heavy atom. The molecule has 1 N–H and O–H groups in total. The number of nitrogens with one attached hydrogen (secondary N) is 1. The smallest absolute Gasteiger partial charge is 0.410 e. The summed E-state index contributed by atoms with van der Waals surface area (Å²) < 4.78 is 7.48. The molecule has 4 rings (SSSR count). The molecule has 2 aliphatic rings. The van der Waals surface area contributed by atoms with Gasteiger partial charge >= 0.3 is 6.09 Å². The van der Waals surface area contributed by atoms with Gasteiger partial charge in [0.2, 0.25) is 5.91 Å². The standard InChI is InChI=1S/C25H34ClN5O3/c1-24(2,3)34-23(33)30-9-8-16(14-30)6-7-22(32)29-21-10-17(19(26)13-27-21)18-12-28-31-15-25(4,5)11-20(18)31/h10,12-13,16H,6-9,11,14-15H2,1-5H3,(H,27,29,32). The van der Waals surface area contributed by atoms with Gasteiger partial charge in [0.15, 0.2) is 0 Å². The number of ether oxygens (including phenoxy) is 1. The van der Waals surface area contributed by atoms with E-state index in [1.54, 1.807) is 11.1 Å². The van der Waals surface area contributed by atoms with E-state index in [1.165, 1.54) is 0 Å². The Morgan fingerprint density at radius 1 is 1.26 bits per heavy atom. The average Bonchev–Trinajstić information content (AvgIpc) is 3.41. The minimum atomic E-state index is -0.507. The fourth-order valence-electron chi connectivity index (χ4n) is 4.69. The molecule has 184 valence electrons. The van der Waals surface area contributed by atoms with Gasteiger partial charge in [0.1, 0.15) is 11.4 Å². The summed E-state index contributed by atoms with van der Waals surface area (Å²) in [5.74, 6) is 0.659. The number of amides is 2. The van der Waals surface area contributed by atoms with Crippen LogP contribution in [0.1, 0.15) is 59.6 Å². The van der Waals surface area contributed by atoms with Gasteiger partial charge in [0.05, 0.1) is 11.2 Å². The fourth-order valence-corrected chi connectivity index (χ4v) is 4.89. The molecular formula is C25H34ClN5O3. The van der Waals surface area contributed by atoms with E-state index < -0.39 is 5.60 Å². The van der Waals surface area contributed by atoms with E-state index in [0.29, 0.717) is 36.8 Å². The number of halogens is 1. The third-order valence-corrected chi connectivity index (χ3v) is 6.60. The molecule has 0 aromatic carbocycles. The highest BCUT2D eigenvalue weighted by Gasteiger charge is 2.32. The van der Waals surface area contributed by atoms with E-state index in [2.05, 4.69) is 29.2 Å². The number of carbonyl (C=O) groups is 2. The summed E-state index contributed by atoms with van der Waals surface area (Å²) in [4.78, 5) is 30.9. The number of hydrogen-bond donors (Lipinski definition) is 1. The molecule has 1 saturated heterocycles.